The van der Waals surface area contributed by atoms with E-state index in [0.29, 0.717) is 5.82 Å². The zero-order chi connectivity index (χ0) is 11.7. The van der Waals surface area contributed by atoms with E-state index in [9.17, 15) is 0 Å². The molecule has 0 aliphatic heterocycles. The van der Waals surface area contributed by atoms with Crippen LogP contribution in [0.15, 0.2) is 28.9 Å². The molecule has 0 fully saturated rings. The first-order valence-corrected chi connectivity index (χ1v) is 5.99. The summed E-state index contributed by atoms with van der Waals surface area (Å²) in [5, 5.41) is 4.17. The number of nitrogens with zero attached hydrogens (tertiary/aromatic N) is 2. The van der Waals surface area contributed by atoms with Gasteiger partial charge in [0.2, 0.25) is 0 Å². The second-order valence-electron chi connectivity index (χ2n) is 3.72. The number of rotatable bonds is 2. The van der Waals surface area contributed by atoms with E-state index in [2.05, 4.69) is 46.2 Å². The molecule has 1 heterocycles. The number of halogens is 1. The fraction of sp³-hybridized carbons (Fsp3) is 0.250. The Morgan fingerprint density at radius 3 is 2.69 bits per heavy atom. The number of aryl methyl sites for hydroxylation is 2. The lowest BCUT2D eigenvalue weighted by molar-refractivity contribution is 0.779. The molecular weight excluding hydrogens is 266 g/mol. The average molecular weight is 280 g/mol. The van der Waals surface area contributed by atoms with Gasteiger partial charge in [-0.05, 0) is 29.7 Å². The highest BCUT2D eigenvalue weighted by molar-refractivity contribution is 9.10. The Labute approximate surface area is 103 Å². The van der Waals surface area contributed by atoms with Gasteiger partial charge in [0.25, 0.3) is 0 Å². The number of anilines is 1. The third-order valence-electron chi connectivity index (χ3n) is 2.73. The summed E-state index contributed by atoms with van der Waals surface area (Å²) in [6, 6.07) is 6.26. The lowest BCUT2D eigenvalue weighted by Crippen LogP contribution is -1.98. The van der Waals surface area contributed by atoms with E-state index in [1.807, 2.05) is 13.2 Å². The Morgan fingerprint density at radius 1 is 1.38 bits per heavy atom. The maximum absolute atomic E-state index is 5.99. The van der Waals surface area contributed by atoms with Crippen LogP contribution in [0.2, 0.25) is 0 Å². The standard InChI is InChI=1S/C12H14BrN3/c1-3-8-4-5-9(13)6-10(8)11-7-15-16(2)12(11)14/h4-7H,3,14H2,1-2H3. The van der Waals surface area contributed by atoms with E-state index in [1.165, 1.54) is 5.56 Å². The molecule has 1 aromatic heterocycles. The molecule has 0 atom stereocenters. The summed E-state index contributed by atoms with van der Waals surface area (Å²) < 4.78 is 2.75. The van der Waals surface area contributed by atoms with Crippen molar-refractivity contribution in [1.82, 2.24) is 9.78 Å². The van der Waals surface area contributed by atoms with Crippen LogP contribution < -0.4 is 5.73 Å². The lowest BCUT2D eigenvalue weighted by atomic mass is 10.0. The first-order chi connectivity index (χ1) is 7.63. The maximum atomic E-state index is 5.99. The molecule has 0 amide bonds. The number of hydrogen-bond acceptors (Lipinski definition) is 2. The highest BCUT2D eigenvalue weighted by Gasteiger charge is 2.11. The Bertz CT molecular complexity index is 517. The van der Waals surface area contributed by atoms with Crippen LogP contribution in [0.1, 0.15) is 12.5 Å². The van der Waals surface area contributed by atoms with Crippen molar-refractivity contribution < 1.29 is 0 Å². The Kier molecular flexibility index (Phi) is 3.01. The van der Waals surface area contributed by atoms with Crippen molar-refractivity contribution in [1.29, 1.82) is 0 Å². The quantitative estimate of drug-likeness (QED) is 0.919. The van der Waals surface area contributed by atoms with Crippen LogP contribution in [0.3, 0.4) is 0 Å². The smallest absolute Gasteiger partial charge is 0.129 e. The van der Waals surface area contributed by atoms with Gasteiger partial charge in [-0.25, -0.2) is 0 Å². The van der Waals surface area contributed by atoms with Crippen LogP contribution in [0.4, 0.5) is 5.82 Å². The van der Waals surface area contributed by atoms with Gasteiger partial charge in [0, 0.05) is 17.1 Å². The van der Waals surface area contributed by atoms with Gasteiger partial charge in [0.15, 0.2) is 0 Å². The number of hydrogen-bond donors (Lipinski definition) is 1. The van der Waals surface area contributed by atoms with Gasteiger partial charge in [0.1, 0.15) is 5.82 Å². The summed E-state index contributed by atoms with van der Waals surface area (Å²) in [5.41, 5.74) is 9.43. The van der Waals surface area contributed by atoms with Gasteiger partial charge in [-0.2, -0.15) is 5.10 Å². The monoisotopic (exact) mass is 279 g/mol. The lowest BCUT2D eigenvalue weighted by Gasteiger charge is -2.07. The normalized spacial score (nSPS) is 10.7. The second kappa shape index (κ2) is 4.29. The fourth-order valence-corrected chi connectivity index (χ4v) is 2.12. The number of nitrogens with two attached hydrogens (primary N) is 1. The van der Waals surface area contributed by atoms with Gasteiger partial charge in [-0.1, -0.05) is 28.9 Å². The van der Waals surface area contributed by atoms with Crippen molar-refractivity contribution in [2.75, 3.05) is 5.73 Å². The van der Waals surface area contributed by atoms with Crippen LogP contribution >= 0.6 is 15.9 Å². The molecule has 84 valence electrons. The van der Waals surface area contributed by atoms with Crippen molar-refractivity contribution in [3.05, 3.63) is 34.4 Å². The van der Waals surface area contributed by atoms with E-state index >= 15 is 0 Å². The molecule has 0 saturated carbocycles. The van der Waals surface area contributed by atoms with E-state index in [0.717, 1.165) is 22.0 Å². The number of nitrogen functional groups attached to an aromatic ring is 1. The molecule has 0 aliphatic carbocycles. The molecule has 0 radical (unpaired) electrons. The van der Waals surface area contributed by atoms with Gasteiger partial charge in [0.05, 0.1) is 6.20 Å². The first-order valence-electron chi connectivity index (χ1n) is 5.19. The SMILES string of the molecule is CCc1ccc(Br)cc1-c1cnn(C)c1N. The maximum Gasteiger partial charge on any atom is 0.129 e. The fourth-order valence-electron chi connectivity index (χ4n) is 1.76. The molecule has 4 heteroatoms. The van der Waals surface area contributed by atoms with Crippen molar-refractivity contribution in [2.24, 2.45) is 7.05 Å². The van der Waals surface area contributed by atoms with Crippen molar-refractivity contribution in [3.8, 4) is 11.1 Å². The molecular formula is C12H14BrN3. The zero-order valence-corrected chi connectivity index (χ0v) is 11.0. The molecule has 16 heavy (non-hydrogen) atoms. The van der Waals surface area contributed by atoms with Crippen LogP contribution in [-0.2, 0) is 13.5 Å². The predicted octanol–water partition coefficient (Wildman–Crippen LogP) is 2.99. The minimum atomic E-state index is 0.702. The predicted molar refractivity (Wildman–Crippen MR) is 70.1 cm³/mol. The van der Waals surface area contributed by atoms with Crippen molar-refractivity contribution >= 4 is 21.7 Å². The number of benzene rings is 1. The van der Waals surface area contributed by atoms with Gasteiger partial charge >= 0.3 is 0 Å². The molecule has 0 aliphatic rings. The molecule has 0 spiro atoms. The largest absolute Gasteiger partial charge is 0.383 e. The second-order valence-corrected chi connectivity index (χ2v) is 4.64. The topological polar surface area (TPSA) is 43.8 Å². The van der Waals surface area contributed by atoms with Gasteiger partial charge < -0.3 is 5.73 Å². The van der Waals surface area contributed by atoms with Crippen LogP contribution in [-0.4, -0.2) is 9.78 Å². The minimum Gasteiger partial charge on any atom is -0.383 e. The van der Waals surface area contributed by atoms with Gasteiger partial charge in [-0.3, -0.25) is 4.68 Å². The molecule has 3 nitrogen and oxygen atoms in total. The molecule has 0 saturated heterocycles. The van der Waals surface area contributed by atoms with Crippen molar-refractivity contribution in [2.45, 2.75) is 13.3 Å². The third kappa shape index (κ3) is 1.85. The zero-order valence-electron chi connectivity index (χ0n) is 9.37. The number of aromatic nitrogens is 2. The summed E-state index contributed by atoms with van der Waals surface area (Å²) >= 11 is 3.49. The molecule has 0 unspecified atom stereocenters. The van der Waals surface area contributed by atoms with Crippen LogP contribution in [0.25, 0.3) is 11.1 Å². The van der Waals surface area contributed by atoms with E-state index in [4.69, 9.17) is 5.73 Å². The Hall–Kier alpha value is -1.29. The third-order valence-corrected chi connectivity index (χ3v) is 3.22. The summed E-state index contributed by atoms with van der Waals surface area (Å²) in [6.45, 7) is 2.14. The van der Waals surface area contributed by atoms with E-state index < -0.39 is 0 Å². The van der Waals surface area contributed by atoms with E-state index in [-0.39, 0.29) is 0 Å². The molecule has 2 aromatic rings. The summed E-state index contributed by atoms with van der Waals surface area (Å²) in [7, 11) is 1.85. The summed E-state index contributed by atoms with van der Waals surface area (Å²) in [5.74, 6) is 0.702. The molecule has 2 N–H and O–H groups in total. The Balaban J connectivity index is 2.62. The van der Waals surface area contributed by atoms with Gasteiger partial charge in [-0.15, -0.1) is 0 Å². The Morgan fingerprint density at radius 2 is 2.12 bits per heavy atom. The van der Waals surface area contributed by atoms with Crippen LogP contribution in [0, 0.1) is 0 Å². The highest BCUT2D eigenvalue weighted by atomic mass is 79.9. The van der Waals surface area contributed by atoms with Crippen LogP contribution in [0.5, 0.6) is 0 Å². The molecule has 0 bridgehead atoms. The molecule has 2 rings (SSSR count). The van der Waals surface area contributed by atoms with E-state index in [1.54, 1.807) is 4.68 Å². The highest BCUT2D eigenvalue weighted by Crippen LogP contribution is 2.31. The first kappa shape index (κ1) is 11.2. The average Bonchev–Trinajstić information content (AvgIpc) is 2.60. The minimum absolute atomic E-state index is 0.702. The summed E-state index contributed by atoms with van der Waals surface area (Å²) in [4.78, 5) is 0. The summed E-state index contributed by atoms with van der Waals surface area (Å²) in [6.07, 6.45) is 2.80. The van der Waals surface area contributed by atoms with Crippen molar-refractivity contribution in [3.63, 3.8) is 0 Å². The molecule has 1 aromatic carbocycles.